The van der Waals surface area contributed by atoms with Crippen LogP contribution < -0.4 is 15.9 Å². The summed E-state index contributed by atoms with van der Waals surface area (Å²) in [4.78, 5) is 0. The highest BCUT2D eigenvalue weighted by Gasteiger charge is 2.26. The van der Waals surface area contributed by atoms with E-state index in [4.69, 9.17) is 11.8 Å². The van der Waals surface area contributed by atoms with Crippen molar-refractivity contribution in [3.8, 4) is 0 Å². The molecule has 3 rings (SSSR count). The SMILES string of the molecule is Fc1cccc(P(=S)(c2cccc(F)c2)c2cccc(F)c2)c1. The highest BCUT2D eigenvalue weighted by molar-refractivity contribution is 8.25. The van der Waals surface area contributed by atoms with Crippen molar-refractivity contribution in [3.05, 3.63) is 90.2 Å². The standard InChI is InChI=1S/C18H12F3PS/c19-13-4-1-7-16(10-13)22(23,17-8-2-5-14(20)11-17)18-9-3-6-15(21)12-18/h1-12H. The second kappa shape index (κ2) is 6.31. The molecule has 3 aromatic rings. The van der Waals surface area contributed by atoms with Crippen molar-refractivity contribution < 1.29 is 13.2 Å². The van der Waals surface area contributed by atoms with Gasteiger partial charge in [-0.1, -0.05) is 48.2 Å². The van der Waals surface area contributed by atoms with Gasteiger partial charge < -0.3 is 0 Å². The molecule has 0 fully saturated rings. The molecule has 116 valence electrons. The van der Waals surface area contributed by atoms with Gasteiger partial charge in [-0.2, -0.15) is 0 Å². The minimum atomic E-state index is -2.74. The van der Waals surface area contributed by atoms with Crippen molar-refractivity contribution in [3.63, 3.8) is 0 Å². The largest absolute Gasteiger partial charge is 0.207 e. The first-order valence-corrected chi connectivity index (χ1v) is 9.69. The lowest BCUT2D eigenvalue weighted by Gasteiger charge is -2.24. The van der Waals surface area contributed by atoms with Crippen LogP contribution in [0.3, 0.4) is 0 Å². The fraction of sp³-hybridized carbons (Fsp3) is 0. The van der Waals surface area contributed by atoms with Crippen molar-refractivity contribution in [1.29, 1.82) is 0 Å². The molecule has 5 heteroatoms. The molecular formula is C18H12F3PS. The van der Waals surface area contributed by atoms with Crippen LogP contribution in [0.2, 0.25) is 0 Å². The lowest BCUT2D eigenvalue weighted by atomic mass is 10.3. The molecule has 0 bridgehead atoms. The van der Waals surface area contributed by atoms with E-state index < -0.39 is 23.5 Å². The van der Waals surface area contributed by atoms with Gasteiger partial charge in [0, 0.05) is 6.04 Å². The fourth-order valence-corrected chi connectivity index (χ4v) is 6.18. The van der Waals surface area contributed by atoms with Gasteiger partial charge in [-0.05, 0) is 52.3 Å². The van der Waals surface area contributed by atoms with E-state index in [0.717, 1.165) is 0 Å². The first-order chi connectivity index (χ1) is 11.0. The molecule has 0 saturated carbocycles. The van der Waals surface area contributed by atoms with E-state index in [1.807, 2.05) is 0 Å². The van der Waals surface area contributed by atoms with Crippen molar-refractivity contribution in [1.82, 2.24) is 0 Å². The van der Waals surface area contributed by atoms with Gasteiger partial charge in [0.1, 0.15) is 17.5 Å². The average Bonchev–Trinajstić information content (AvgIpc) is 2.54. The summed E-state index contributed by atoms with van der Waals surface area (Å²) in [5.74, 6) is -1.28. The van der Waals surface area contributed by atoms with Gasteiger partial charge in [0.05, 0.1) is 0 Å². The van der Waals surface area contributed by atoms with Crippen LogP contribution in [0.25, 0.3) is 0 Å². The van der Waals surface area contributed by atoms with Gasteiger partial charge in [0.25, 0.3) is 0 Å². The number of hydrogen-bond donors (Lipinski definition) is 0. The number of hydrogen-bond acceptors (Lipinski definition) is 1. The maximum absolute atomic E-state index is 13.7. The summed E-state index contributed by atoms with van der Waals surface area (Å²) in [6.07, 6.45) is 0. The predicted octanol–water partition coefficient (Wildman–Crippen LogP) is 3.86. The minimum Gasteiger partial charge on any atom is -0.207 e. The van der Waals surface area contributed by atoms with Crippen LogP contribution in [0.5, 0.6) is 0 Å². The molecule has 0 aliphatic rings. The monoisotopic (exact) mass is 348 g/mol. The van der Waals surface area contributed by atoms with Crippen LogP contribution in [0, 0.1) is 17.5 Å². The number of benzene rings is 3. The van der Waals surface area contributed by atoms with E-state index in [2.05, 4.69) is 0 Å². The van der Waals surface area contributed by atoms with Crippen molar-refractivity contribution >= 4 is 33.8 Å². The third-order valence-corrected chi connectivity index (χ3v) is 8.43. The van der Waals surface area contributed by atoms with E-state index in [1.165, 1.54) is 36.4 Å². The Morgan fingerprint density at radius 3 is 1.13 bits per heavy atom. The van der Waals surface area contributed by atoms with Crippen molar-refractivity contribution in [2.45, 2.75) is 0 Å². The summed E-state index contributed by atoms with van der Waals surface area (Å²) in [6, 6.07) is 15.1. The molecule has 0 spiro atoms. The summed E-state index contributed by atoms with van der Waals surface area (Å²) >= 11 is 5.89. The Bertz CT molecular complexity index is 790. The lowest BCUT2D eigenvalue weighted by Crippen LogP contribution is -2.25. The van der Waals surface area contributed by atoms with Crippen LogP contribution in [0.1, 0.15) is 0 Å². The molecule has 23 heavy (non-hydrogen) atoms. The molecule has 0 aromatic heterocycles. The van der Waals surface area contributed by atoms with E-state index in [1.54, 1.807) is 36.4 Å². The quantitative estimate of drug-likeness (QED) is 0.648. The zero-order chi connectivity index (χ0) is 16.4. The smallest absolute Gasteiger partial charge is 0.123 e. The minimum absolute atomic E-state index is 0.426. The summed E-state index contributed by atoms with van der Waals surface area (Å²) in [5.41, 5.74) is 0. The van der Waals surface area contributed by atoms with Crippen molar-refractivity contribution in [2.75, 3.05) is 0 Å². The molecule has 0 amide bonds. The molecule has 0 saturated heterocycles. The van der Waals surface area contributed by atoms with Crippen LogP contribution in [-0.2, 0) is 11.8 Å². The Balaban J connectivity index is 2.32. The van der Waals surface area contributed by atoms with Gasteiger partial charge >= 0.3 is 0 Å². The second-order valence-electron chi connectivity index (χ2n) is 5.05. The molecule has 0 aliphatic carbocycles. The molecule has 0 nitrogen and oxygen atoms in total. The molecule has 0 atom stereocenters. The van der Waals surface area contributed by atoms with Gasteiger partial charge in [-0.3, -0.25) is 0 Å². The molecule has 0 radical (unpaired) electrons. The highest BCUT2D eigenvalue weighted by atomic mass is 32.4. The van der Waals surface area contributed by atoms with Crippen LogP contribution in [0.15, 0.2) is 72.8 Å². The maximum Gasteiger partial charge on any atom is 0.123 e. The van der Waals surface area contributed by atoms with Crippen LogP contribution in [-0.4, -0.2) is 0 Å². The van der Waals surface area contributed by atoms with Crippen molar-refractivity contribution in [2.24, 2.45) is 0 Å². The Hall–Kier alpha value is -1.90. The molecule has 0 unspecified atom stereocenters. The lowest BCUT2D eigenvalue weighted by molar-refractivity contribution is 0.629. The van der Waals surface area contributed by atoms with E-state index in [-0.39, 0.29) is 0 Å². The second-order valence-corrected chi connectivity index (χ2v) is 9.46. The first kappa shape index (κ1) is 16.0. The third-order valence-electron chi connectivity index (χ3n) is 3.52. The zero-order valence-electron chi connectivity index (χ0n) is 11.9. The van der Waals surface area contributed by atoms with Gasteiger partial charge in [-0.25, -0.2) is 13.2 Å². The van der Waals surface area contributed by atoms with E-state index in [9.17, 15) is 13.2 Å². The Morgan fingerprint density at radius 1 is 0.565 bits per heavy atom. The summed E-state index contributed by atoms with van der Waals surface area (Å²) < 4.78 is 41.1. The van der Waals surface area contributed by atoms with E-state index in [0.29, 0.717) is 15.9 Å². The average molecular weight is 348 g/mol. The molecule has 3 aromatic carbocycles. The van der Waals surface area contributed by atoms with Gasteiger partial charge in [-0.15, -0.1) is 0 Å². The summed E-state index contributed by atoms with van der Waals surface area (Å²) in [6.45, 7) is 0. The highest BCUT2D eigenvalue weighted by Crippen LogP contribution is 2.43. The van der Waals surface area contributed by atoms with Crippen LogP contribution >= 0.6 is 6.04 Å². The Kier molecular flexibility index (Phi) is 4.38. The molecule has 0 aliphatic heterocycles. The maximum atomic E-state index is 13.7. The topological polar surface area (TPSA) is 0 Å². The normalized spacial score (nSPS) is 11.4. The first-order valence-electron chi connectivity index (χ1n) is 6.88. The fourth-order valence-electron chi connectivity index (χ4n) is 2.46. The number of rotatable bonds is 3. The van der Waals surface area contributed by atoms with Crippen LogP contribution in [0.4, 0.5) is 13.2 Å². The summed E-state index contributed by atoms with van der Waals surface area (Å²) in [5, 5.41) is 1.68. The number of halogens is 3. The molecule has 0 heterocycles. The molecule has 0 N–H and O–H groups in total. The zero-order valence-corrected chi connectivity index (χ0v) is 13.6. The van der Waals surface area contributed by atoms with E-state index >= 15 is 0 Å². The third kappa shape index (κ3) is 3.10. The van der Waals surface area contributed by atoms with Gasteiger partial charge in [0.15, 0.2) is 0 Å². The van der Waals surface area contributed by atoms with Gasteiger partial charge in [0.2, 0.25) is 0 Å². The Labute approximate surface area is 137 Å². The summed E-state index contributed by atoms with van der Waals surface area (Å²) in [7, 11) is 0. The molecular weight excluding hydrogens is 336 g/mol. The predicted molar refractivity (Wildman–Crippen MR) is 92.4 cm³/mol. The Morgan fingerprint density at radius 2 is 0.870 bits per heavy atom.